The van der Waals surface area contributed by atoms with Crippen molar-refractivity contribution in [1.82, 2.24) is 4.98 Å². The molecular weight excluding hydrogens is 613 g/mol. The molecular formula is C46H34N2S. The van der Waals surface area contributed by atoms with Gasteiger partial charge in [0.15, 0.2) is 0 Å². The first-order chi connectivity index (χ1) is 24.0. The van der Waals surface area contributed by atoms with E-state index in [0.29, 0.717) is 0 Å². The van der Waals surface area contributed by atoms with E-state index >= 15 is 0 Å². The molecule has 49 heavy (non-hydrogen) atoms. The maximum atomic E-state index is 5.03. The summed E-state index contributed by atoms with van der Waals surface area (Å²) >= 11 is 1.75. The zero-order chi connectivity index (χ0) is 33.0. The smallest absolute Gasteiger partial charge is 0.124 e. The number of anilines is 3. The van der Waals surface area contributed by atoms with Gasteiger partial charge in [-0.2, -0.15) is 0 Å². The highest BCUT2D eigenvalue weighted by Gasteiger charge is 2.35. The third-order valence-corrected chi connectivity index (χ3v) is 10.9. The van der Waals surface area contributed by atoms with Gasteiger partial charge >= 0.3 is 0 Å². The van der Waals surface area contributed by atoms with E-state index in [1.54, 1.807) is 11.3 Å². The van der Waals surface area contributed by atoms with Gasteiger partial charge < -0.3 is 4.90 Å². The van der Waals surface area contributed by atoms with Crippen LogP contribution in [0.2, 0.25) is 0 Å². The van der Waals surface area contributed by atoms with Crippen LogP contribution in [-0.4, -0.2) is 4.98 Å². The number of hydrogen-bond acceptors (Lipinski definition) is 3. The lowest BCUT2D eigenvalue weighted by molar-refractivity contribution is 0.660. The van der Waals surface area contributed by atoms with Crippen molar-refractivity contribution in [3.05, 3.63) is 181 Å². The van der Waals surface area contributed by atoms with E-state index in [4.69, 9.17) is 4.98 Å². The largest absolute Gasteiger partial charge is 0.310 e. The van der Waals surface area contributed by atoms with Gasteiger partial charge in [0.1, 0.15) is 5.01 Å². The summed E-state index contributed by atoms with van der Waals surface area (Å²) in [7, 11) is 0. The third-order valence-electron chi connectivity index (χ3n) is 9.87. The molecule has 0 radical (unpaired) electrons. The van der Waals surface area contributed by atoms with Gasteiger partial charge in [-0.1, -0.05) is 135 Å². The summed E-state index contributed by atoms with van der Waals surface area (Å²) in [5.74, 6) is 0. The van der Waals surface area contributed by atoms with Crippen molar-refractivity contribution < 1.29 is 0 Å². The van der Waals surface area contributed by atoms with Gasteiger partial charge in [0.2, 0.25) is 0 Å². The first-order valence-electron chi connectivity index (χ1n) is 16.8. The molecule has 1 aliphatic carbocycles. The molecule has 0 aliphatic heterocycles. The maximum Gasteiger partial charge on any atom is 0.124 e. The Morgan fingerprint density at radius 3 is 1.67 bits per heavy atom. The van der Waals surface area contributed by atoms with Crippen molar-refractivity contribution in [2.45, 2.75) is 19.3 Å². The molecule has 0 unspecified atom stereocenters. The van der Waals surface area contributed by atoms with Crippen LogP contribution in [-0.2, 0) is 5.41 Å². The van der Waals surface area contributed by atoms with Crippen molar-refractivity contribution in [2.24, 2.45) is 0 Å². The zero-order valence-corrected chi connectivity index (χ0v) is 28.3. The Labute approximate surface area is 291 Å². The molecule has 9 rings (SSSR count). The summed E-state index contributed by atoms with van der Waals surface area (Å²) in [4.78, 5) is 7.46. The standard InChI is InChI=1S/C46H34N2S/c1-46(2)41-21-13-12-20-39(41)40-24-22-36(29-42(40)46)48(37-23-25-43-44(30-37)49-45(47-43)33-18-10-5-11-19-33)38-27-34(31-14-6-3-7-15-31)26-35(28-38)32-16-8-4-9-17-32/h3-30H,1-2H3. The molecule has 234 valence electrons. The van der Waals surface area contributed by atoms with Gasteiger partial charge in [-0.05, 0) is 93.0 Å². The van der Waals surface area contributed by atoms with Crippen LogP contribution in [0.15, 0.2) is 170 Å². The number of nitrogens with zero attached hydrogens (tertiary/aromatic N) is 2. The maximum absolute atomic E-state index is 5.03. The molecule has 0 atom stereocenters. The minimum atomic E-state index is -0.110. The Morgan fingerprint density at radius 2 is 1.00 bits per heavy atom. The minimum Gasteiger partial charge on any atom is -0.310 e. The molecule has 1 aromatic heterocycles. The second kappa shape index (κ2) is 11.7. The van der Waals surface area contributed by atoms with Crippen molar-refractivity contribution >= 4 is 38.6 Å². The average molecular weight is 647 g/mol. The van der Waals surface area contributed by atoms with E-state index < -0.39 is 0 Å². The van der Waals surface area contributed by atoms with E-state index in [1.165, 1.54) is 44.5 Å². The second-order valence-electron chi connectivity index (χ2n) is 13.3. The predicted molar refractivity (Wildman–Crippen MR) is 208 cm³/mol. The number of thiazole rings is 1. The van der Waals surface area contributed by atoms with Gasteiger partial charge in [-0.25, -0.2) is 4.98 Å². The molecule has 3 heteroatoms. The van der Waals surface area contributed by atoms with Crippen LogP contribution < -0.4 is 4.90 Å². The lowest BCUT2D eigenvalue weighted by Gasteiger charge is -2.29. The topological polar surface area (TPSA) is 16.1 Å². The molecule has 7 aromatic carbocycles. The zero-order valence-electron chi connectivity index (χ0n) is 27.5. The fourth-order valence-electron chi connectivity index (χ4n) is 7.37. The second-order valence-corrected chi connectivity index (χ2v) is 14.3. The van der Waals surface area contributed by atoms with Crippen molar-refractivity contribution in [2.75, 3.05) is 4.90 Å². The molecule has 0 spiro atoms. The Balaban J connectivity index is 1.27. The highest BCUT2D eigenvalue weighted by atomic mass is 32.1. The summed E-state index contributed by atoms with van der Waals surface area (Å²) in [5.41, 5.74) is 15.5. The summed E-state index contributed by atoms with van der Waals surface area (Å²) < 4.78 is 1.16. The fourth-order valence-corrected chi connectivity index (χ4v) is 8.37. The lowest BCUT2D eigenvalue weighted by Crippen LogP contribution is -2.16. The molecule has 0 N–H and O–H groups in total. The van der Waals surface area contributed by atoms with Gasteiger partial charge in [0, 0.05) is 28.0 Å². The van der Waals surface area contributed by atoms with Crippen LogP contribution in [0.1, 0.15) is 25.0 Å². The molecule has 0 bridgehead atoms. The minimum absolute atomic E-state index is 0.110. The molecule has 8 aromatic rings. The quantitative estimate of drug-likeness (QED) is 0.179. The van der Waals surface area contributed by atoms with Crippen LogP contribution in [0.25, 0.3) is 54.2 Å². The number of rotatable bonds is 6. The summed E-state index contributed by atoms with van der Waals surface area (Å²) in [5, 5.41) is 1.04. The summed E-state index contributed by atoms with van der Waals surface area (Å²) in [6, 6.07) is 61.5. The van der Waals surface area contributed by atoms with Gasteiger partial charge in [0.25, 0.3) is 0 Å². The van der Waals surface area contributed by atoms with E-state index in [0.717, 1.165) is 37.8 Å². The Bertz CT molecular complexity index is 2400. The van der Waals surface area contributed by atoms with E-state index in [9.17, 15) is 0 Å². The van der Waals surface area contributed by atoms with Crippen molar-refractivity contribution in [3.8, 4) is 44.0 Å². The monoisotopic (exact) mass is 646 g/mol. The normalized spacial score (nSPS) is 12.9. The lowest BCUT2D eigenvalue weighted by atomic mass is 9.82. The van der Waals surface area contributed by atoms with Crippen LogP contribution in [0.4, 0.5) is 17.1 Å². The molecule has 0 saturated heterocycles. The number of aromatic nitrogens is 1. The molecule has 1 aliphatic rings. The molecule has 0 saturated carbocycles. The summed E-state index contributed by atoms with van der Waals surface area (Å²) in [6.07, 6.45) is 0. The Kier molecular flexibility index (Phi) is 7.03. The molecule has 2 nitrogen and oxygen atoms in total. The van der Waals surface area contributed by atoms with Gasteiger partial charge in [-0.3, -0.25) is 0 Å². The van der Waals surface area contributed by atoms with Crippen molar-refractivity contribution in [1.29, 1.82) is 0 Å². The van der Waals surface area contributed by atoms with E-state index in [1.807, 2.05) is 0 Å². The molecule has 0 amide bonds. The third kappa shape index (κ3) is 5.15. The highest BCUT2D eigenvalue weighted by molar-refractivity contribution is 7.21. The first kappa shape index (κ1) is 29.4. The predicted octanol–water partition coefficient (Wildman–Crippen LogP) is 13.1. The van der Waals surface area contributed by atoms with Gasteiger partial charge in [0.05, 0.1) is 10.2 Å². The number of benzene rings is 7. The van der Waals surface area contributed by atoms with E-state index in [-0.39, 0.29) is 5.41 Å². The van der Waals surface area contributed by atoms with Crippen LogP contribution in [0, 0.1) is 0 Å². The van der Waals surface area contributed by atoms with E-state index in [2.05, 4.69) is 189 Å². The number of fused-ring (bicyclic) bond motifs is 4. The number of hydrogen-bond donors (Lipinski definition) is 0. The Hall–Kier alpha value is -5.77. The van der Waals surface area contributed by atoms with Crippen LogP contribution >= 0.6 is 11.3 Å². The fraction of sp³-hybridized carbons (Fsp3) is 0.0652. The average Bonchev–Trinajstić information content (AvgIpc) is 3.69. The SMILES string of the molecule is CC1(C)c2ccccc2-c2ccc(N(c3cc(-c4ccccc4)cc(-c4ccccc4)c3)c3ccc4nc(-c5ccccc5)sc4c3)cc21. The van der Waals surface area contributed by atoms with Crippen molar-refractivity contribution in [3.63, 3.8) is 0 Å². The van der Waals surface area contributed by atoms with Crippen LogP contribution in [0.5, 0.6) is 0 Å². The molecule has 0 fully saturated rings. The summed E-state index contributed by atoms with van der Waals surface area (Å²) in [6.45, 7) is 4.70. The highest BCUT2D eigenvalue weighted by Crippen LogP contribution is 2.51. The molecule has 1 heterocycles. The first-order valence-corrected chi connectivity index (χ1v) is 17.6. The van der Waals surface area contributed by atoms with Gasteiger partial charge in [-0.15, -0.1) is 11.3 Å². The van der Waals surface area contributed by atoms with Crippen LogP contribution in [0.3, 0.4) is 0 Å². The Morgan fingerprint density at radius 1 is 0.449 bits per heavy atom.